The third-order valence-corrected chi connectivity index (χ3v) is 2.37. The van der Waals surface area contributed by atoms with Crippen LogP contribution in [-0.4, -0.2) is 21.9 Å². The van der Waals surface area contributed by atoms with Crippen molar-refractivity contribution in [3.63, 3.8) is 0 Å². The third-order valence-electron chi connectivity index (χ3n) is 2.37. The Bertz CT molecular complexity index is 537. The highest BCUT2D eigenvalue weighted by Crippen LogP contribution is 2.08. The molecular weight excluding hydrogens is 240 g/mol. The predicted octanol–water partition coefficient (Wildman–Crippen LogP) is 2.55. The number of nitrogens with zero attached hydrogens (tertiary/aromatic N) is 2. The molecule has 2 heterocycles. The van der Waals surface area contributed by atoms with Gasteiger partial charge in [0.05, 0.1) is 5.56 Å². The number of pyridine rings is 2. The molecule has 2 aromatic rings. The van der Waals surface area contributed by atoms with E-state index in [9.17, 15) is 4.79 Å². The first-order valence-corrected chi connectivity index (χ1v) is 6.10. The Morgan fingerprint density at radius 1 is 1.11 bits per heavy atom. The average molecular weight is 256 g/mol. The Morgan fingerprint density at radius 3 is 2.53 bits per heavy atom. The lowest BCUT2D eigenvalue weighted by Gasteiger charge is -2.09. The lowest BCUT2D eigenvalue weighted by atomic mass is 10.2. The zero-order valence-corrected chi connectivity index (χ0v) is 10.9. The van der Waals surface area contributed by atoms with Gasteiger partial charge in [-0.15, -0.1) is 0 Å². The summed E-state index contributed by atoms with van der Waals surface area (Å²) in [6.07, 6.45) is 3.17. The van der Waals surface area contributed by atoms with Crippen LogP contribution in [-0.2, 0) is 0 Å². The van der Waals surface area contributed by atoms with Crippen molar-refractivity contribution in [1.82, 2.24) is 9.97 Å². The second-order valence-corrected chi connectivity index (χ2v) is 4.40. The molecule has 5 nitrogen and oxygen atoms in total. The number of hydrogen-bond acceptors (Lipinski definition) is 4. The van der Waals surface area contributed by atoms with Gasteiger partial charge in [0.1, 0.15) is 11.6 Å². The molecule has 0 aliphatic heterocycles. The molecule has 0 aliphatic rings. The number of carbonyl (C=O) groups excluding carboxylic acids is 1. The van der Waals surface area contributed by atoms with E-state index in [0.29, 0.717) is 17.4 Å². The summed E-state index contributed by atoms with van der Waals surface area (Å²) in [5, 5.41) is 5.87. The largest absolute Gasteiger partial charge is 0.368 e. The molecule has 0 saturated carbocycles. The van der Waals surface area contributed by atoms with Crippen LogP contribution in [0.3, 0.4) is 0 Å². The molecule has 2 aromatic heterocycles. The van der Waals surface area contributed by atoms with Crippen LogP contribution in [0.15, 0.2) is 42.7 Å². The molecule has 0 atom stereocenters. The van der Waals surface area contributed by atoms with Crippen molar-refractivity contribution >= 4 is 17.5 Å². The molecule has 0 aromatic carbocycles. The van der Waals surface area contributed by atoms with Gasteiger partial charge in [0.15, 0.2) is 0 Å². The average Bonchev–Trinajstić information content (AvgIpc) is 2.40. The van der Waals surface area contributed by atoms with Gasteiger partial charge in [0.25, 0.3) is 5.91 Å². The second-order valence-electron chi connectivity index (χ2n) is 4.40. The van der Waals surface area contributed by atoms with Crippen molar-refractivity contribution in [2.24, 2.45) is 0 Å². The van der Waals surface area contributed by atoms with Gasteiger partial charge >= 0.3 is 0 Å². The summed E-state index contributed by atoms with van der Waals surface area (Å²) in [6.45, 7) is 4.06. The van der Waals surface area contributed by atoms with Crippen LogP contribution in [0.4, 0.5) is 11.6 Å². The molecule has 5 heteroatoms. The van der Waals surface area contributed by atoms with E-state index in [4.69, 9.17) is 0 Å². The van der Waals surface area contributed by atoms with Crippen LogP contribution in [0.25, 0.3) is 0 Å². The van der Waals surface area contributed by atoms with Crippen molar-refractivity contribution < 1.29 is 4.79 Å². The molecule has 0 bridgehead atoms. The van der Waals surface area contributed by atoms with Crippen LogP contribution in [0.1, 0.15) is 24.2 Å². The number of anilines is 2. The smallest absolute Gasteiger partial charge is 0.258 e. The van der Waals surface area contributed by atoms with Crippen molar-refractivity contribution in [3.05, 3.63) is 48.3 Å². The van der Waals surface area contributed by atoms with Crippen LogP contribution in [0.5, 0.6) is 0 Å². The lowest BCUT2D eigenvalue weighted by Crippen LogP contribution is -2.14. The highest BCUT2D eigenvalue weighted by molar-refractivity contribution is 6.03. The fourth-order valence-electron chi connectivity index (χ4n) is 1.53. The van der Waals surface area contributed by atoms with E-state index in [1.165, 1.54) is 0 Å². The van der Waals surface area contributed by atoms with Crippen LogP contribution in [0.2, 0.25) is 0 Å². The Kier molecular flexibility index (Phi) is 4.07. The fourth-order valence-corrected chi connectivity index (χ4v) is 1.53. The minimum atomic E-state index is -0.220. The van der Waals surface area contributed by atoms with Gasteiger partial charge in [-0.2, -0.15) is 0 Å². The molecule has 0 fully saturated rings. The highest BCUT2D eigenvalue weighted by atomic mass is 16.1. The van der Waals surface area contributed by atoms with Gasteiger partial charge in [0, 0.05) is 18.4 Å². The summed E-state index contributed by atoms with van der Waals surface area (Å²) >= 11 is 0. The first-order valence-electron chi connectivity index (χ1n) is 6.10. The van der Waals surface area contributed by atoms with Crippen molar-refractivity contribution in [3.8, 4) is 0 Å². The number of carbonyl (C=O) groups is 1. The summed E-state index contributed by atoms with van der Waals surface area (Å²) in [5.41, 5.74) is 0.500. The van der Waals surface area contributed by atoms with Gasteiger partial charge in [0.2, 0.25) is 0 Å². The molecule has 19 heavy (non-hydrogen) atoms. The van der Waals surface area contributed by atoms with E-state index >= 15 is 0 Å². The number of aromatic nitrogens is 2. The van der Waals surface area contributed by atoms with Crippen molar-refractivity contribution in [2.75, 3.05) is 10.6 Å². The Balaban J connectivity index is 2.04. The number of amides is 1. The summed E-state index contributed by atoms with van der Waals surface area (Å²) in [4.78, 5) is 20.2. The fraction of sp³-hybridized carbons (Fsp3) is 0.214. The van der Waals surface area contributed by atoms with E-state index in [2.05, 4.69) is 20.6 Å². The standard InChI is InChI=1S/C14H16N4O/c1-10(2)17-13-7-6-11(9-16-13)14(19)18-12-5-3-4-8-15-12/h3-10H,1-2H3,(H,16,17)(H,15,18,19). The summed E-state index contributed by atoms with van der Waals surface area (Å²) in [6, 6.07) is 9.17. The van der Waals surface area contributed by atoms with Gasteiger partial charge in [-0.25, -0.2) is 9.97 Å². The quantitative estimate of drug-likeness (QED) is 0.882. The van der Waals surface area contributed by atoms with E-state index < -0.39 is 0 Å². The molecule has 1 amide bonds. The van der Waals surface area contributed by atoms with E-state index in [1.807, 2.05) is 19.9 Å². The predicted molar refractivity (Wildman–Crippen MR) is 75.2 cm³/mol. The van der Waals surface area contributed by atoms with Gasteiger partial charge in [-0.1, -0.05) is 6.07 Å². The van der Waals surface area contributed by atoms with Gasteiger partial charge < -0.3 is 10.6 Å². The molecule has 0 unspecified atom stereocenters. The normalized spacial score (nSPS) is 10.3. The van der Waals surface area contributed by atoms with Crippen molar-refractivity contribution in [1.29, 1.82) is 0 Å². The summed E-state index contributed by atoms with van der Waals surface area (Å²) in [7, 11) is 0. The molecule has 98 valence electrons. The summed E-state index contributed by atoms with van der Waals surface area (Å²) < 4.78 is 0. The van der Waals surface area contributed by atoms with Crippen LogP contribution >= 0.6 is 0 Å². The SMILES string of the molecule is CC(C)Nc1ccc(C(=O)Nc2ccccn2)cn1. The molecule has 0 spiro atoms. The maximum absolute atomic E-state index is 11.9. The second kappa shape index (κ2) is 5.95. The molecule has 0 aliphatic carbocycles. The number of nitrogens with one attached hydrogen (secondary N) is 2. The Hall–Kier alpha value is -2.43. The number of hydrogen-bond donors (Lipinski definition) is 2. The molecular formula is C14H16N4O. The first-order chi connectivity index (χ1) is 9.15. The molecule has 0 radical (unpaired) electrons. The maximum atomic E-state index is 11.9. The molecule has 2 N–H and O–H groups in total. The van der Waals surface area contributed by atoms with E-state index in [1.54, 1.807) is 36.7 Å². The van der Waals surface area contributed by atoms with Crippen molar-refractivity contribution in [2.45, 2.75) is 19.9 Å². The van der Waals surface area contributed by atoms with E-state index in [0.717, 1.165) is 5.82 Å². The Labute approximate surface area is 112 Å². The maximum Gasteiger partial charge on any atom is 0.258 e. The lowest BCUT2D eigenvalue weighted by molar-refractivity contribution is 0.102. The van der Waals surface area contributed by atoms with E-state index in [-0.39, 0.29) is 5.91 Å². The minimum Gasteiger partial charge on any atom is -0.368 e. The third kappa shape index (κ3) is 3.77. The monoisotopic (exact) mass is 256 g/mol. The topological polar surface area (TPSA) is 66.9 Å². The Morgan fingerprint density at radius 2 is 1.95 bits per heavy atom. The minimum absolute atomic E-state index is 0.220. The summed E-state index contributed by atoms with van der Waals surface area (Å²) in [5.74, 6) is 1.06. The van der Waals surface area contributed by atoms with Crippen LogP contribution in [0, 0.1) is 0 Å². The van der Waals surface area contributed by atoms with Crippen LogP contribution < -0.4 is 10.6 Å². The zero-order chi connectivity index (χ0) is 13.7. The first kappa shape index (κ1) is 13.0. The molecule has 0 saturated heterocycles. The highest BCUT2D eigenvalue weighted by Gasteiger charge is 2.07. The zero-order valence-electron chi connectivity index (χ0n) is 10.9. The molecule has 2 rings (SSSR count). The van der Waals surface area contributed by atoms with Gasteiger partial charge in [-0.3, -0.25) is 4.79 Å². The number of rotatable bonds is 4. The van der Waals surface area contributed by atoms with Gasteiger partial charge in [-0.05, 0) is 38.1 Å².